The highest BCUT2D eigenvalue weighted by molar-refractivity contribution is 5.86. The molecule has 0 aliphatic carbocycles. The summed E-state index contributed by atoms with van der Waals surface area (Å²) in [6.45, 7) is 8.56. The quantitative estimate of drug-likeness (QED) is 0.111. The number of aromatic amines is 2. The number of nitrogens with one attached hydrogen (secondary N) is 5. The van der Waals surface area contributed by atoms with Gasteiger partial charge in [-0.3, -0.25) is 14.9 Å². The van der Waals surface area contributed by atoms with Crippen LogP contribution in [-0.4, -0.2) is 94.9 Å². The zero-order valence-corrected chi connectivity index (χ0v) is 31.5. The number of alkyl carbamates (subject to hydrolysis) is 1. The molecule has 2 aliphatic heterocycles. The Bertz CT molecular complexity index is 1870. The molecule has 0 saturated carbocycles. The van der Waals surface area contributed by atoms with Gasteiger partial charge in [-0.25, -0.2) is 14.8 Å². The summed E-state index contributed by atoms with van der Waals surface area (Å²) in [5, 5.41) is 8.70. The van der Waals surface area contributed by atoms with Gasteiger partial charge >= 0.3 is 6.09 Å². The maximum Gasteiger partial charge on any atom is 0.407 e. The highest BCUT2D eigenvalue weighted by atomic mass is 16.9. The third-order valence-electron chi connectivity index (χ3n) is 10.1. The Kier molecular flexibility index (Phi) is 12.4. The van der Waals surface area contributed by atoms with Crippen LogP contribution in [-0.2, 0) is 28.5 Å². The molecular weight excluding hydrogens is 692 g/mol. The van der Waals surface area contributed by atoms with E-state index in [1.807, 2.05) is 44.0 Å². The number of H-pyrrole nitrogens is 2. The van der Waals surface area contributed by atoms with E-state index in [-0.39, 0.29) is 30.7 Å². The number of imidazole rings is 2. The predicted molar refractivity (Wildman–Crippen MR) is 200 cm³/mol. The number of hydrogen-bond acceptors (Lipinski definition) is 10. The van der Waals surface area contributed by atoms with E-state index < -0.39 is 36.6 Å². The van der Waals surface area contributed by atoms with Crippen molar-refractivity contribution >= 4 is 17.9 Å². The monoisotopic (exact) mass is 742 g/mol. The van der Waals surface area contributed by atoms with Crippen molar-refractivity contribution < 1.29 is 33.3 Å². The van der Waals surface area contributed by atoms with Crippen molar-refractivity contribution in [2.24, 2.45) is 5.92 Å². The van der Waals surface area contributed by atoms with E-state index in [1.165, 1.54) is 14.2 Å². The van der Waals surface area contributed by atoms with E-state index in [0.717, 1.165) is 52.3 Å². The number of amides is 3. The van der Waals surface area contributed by atoms with Crippen molar-refractivity contribution in [2.75, 3.05) is 27.6 Å². The van der Waals surface area contributed by atoms with Crippen LogP contribution in [0.3, 0.4) is 0 Å². The molecule has 2 fully saturated rings. The lowest BCUT2D eigenvalue weighted by molar-refractivity contribution is -0.335. The second-order valence-electron chi connectivity index (χ2n) is 13.9. The van der Waals surface area contributed by atoms with Crippen LogP contribution in [0.5, 0.6) is 0 Å². The lowest BCUT2D eigenvalue weighted by atomic mass is 10.0. The smallest absolute Gasteiger partial charge is 0.407 e. The fourth-order valence-corrected chi connectivity index (χ4v) is 6.77. The molecule has 2 aromatic heterocycles. The van der Waals surface area contributed by atoms with Crippen molar-refractivity contribution in [3.05, 3.63) is 72.6 Å². The Labute approximate surface area is 314 Å². The van der Waals surface area contributed by atoms with Crippen LogP contribution >= 0.6 is 0 Å². The summed E-state index contributed by atoms with van der Waals surface area (Å²) in [5.41, 5.74) is 5.75. The van der Waals surface area contributed by atoms with E-state index >= 15 is 0 Å². The van der Waals surface area contributed by atoms with E-state index in [1.54, 1.807) is 13.1 Å². The van der Waals surface area contributed by atoms with Gasteiger partial charge in [-0.1, -0.05) is 69.3 Å². The summed E-state index contributed by atoms with van der Waals surface area (Å²) in [6, 6.07) is 14.6. The van der Waals surface area contributed by atoms with Crippen LogP contribution in [0.15, 0.2) is 60.9 Å². The second-order valence-corrected chi connectivity index (χ2v) is 13.9. The molecule has 1 unspecified atom stereocenters. The molecule has 2 aromatic carbocycles. The minimum Gasteiger partial charge on any atom is -0.453 e. The minimum atomic E-state index is -0.956. The lowest BCUT2D eigenvalue weighted by Crippen LogP contribution is -2.54. The van der Waals surface area contributed by atoms with Gasteiger partial charge in [0.15, 0.2) is 6.79 Å². The fourth-order valence-electron chi connectivity index (χ4n) is 6.77. The SMILES string of the molecule is CCC(NC1OCO1)C(=O)N1CCC[C@H]1c1ncc(-c2ccc(-c3ccc(-c4cnc([C@H](NC(=O)[C@@H](NC(=O)OC)[C@@H](C)OC)C(C)C)[nH]4)cc3)cc2)[nH]1. The Morgan fingerprint density at radius 1 is 0.889 bits per heavy atom. The van der Waals surface area contributed by atoms with Crippen LogP contribution in [0.4, 0.5) is 4.79 Å². The largest absolute Gasteiger partial charge is 0.453 e. The first kappa shape index (κ1) is 38.6. The summed E-state index contributed by atoms with van der Waals surface area (Å²) >= 11 is 0. The summed E-state index contributed by atoms with van der Waals surface area (Å²) in [6.07, 6.45) is 4.13. The number of carbonyl (C=O) groups is 3. The van der Waals surface area contributed by atoms with Crippen LogP contribution in [0.2, 0.25) is 0 Å². The Morgan fingerprint density at radius 2 is 1.50 bits per heavy atom. The molecule has 288 valence electrons. The topological polar surface area (TPSA) is 185 Å². The highest BCUT2D eigenvalue weighted by Gasteiger charge is 2.37. The van der Waals surface area contributed by atoms with Crippen molar-refractivity contribution in [1.82, 2.24) is 40.8 Å². The molecule has 4 heterocycles. The van der Waals surface area contributed by atoms with E-state index in [2.05, 4.69) is 67.3 Å². The second kappa shape index (κ2) is 17.4. The van der Waals surface area contributed by atoms with E-state index in [4.69, 9.17) is 23.9 Å². The number of rotatable bonds is 15. The van der Waals surface area contributed by atoms with Crippen molar-refractivity contribution in [3.63, 3.8) is 0 Å². The molecule has 15 heteroatoms. The Morgan fingerprint density at radius 3 is 2.06 bits per heavy atom. The maximum atomic E-state index is 13.4. The normalized spacial score (nSPS) is 18.1. The van der Waals surface area contributed by atoms with Gasteiger partial charge in [0.1, 0.15) is 17.7 Å². The molecule has 0 spiro atoms. The zero-order chi connectivity index (χ0) is 38.4. The molecule has 2 saturated heterocycles. The standard InChI is InChI=1S/C39H50N8O7/c1-7-28(44-39-53-21-54-39)37(49)47-18-8-9-31(47)34-40-19-29(42-34)26-14-10-24(11-15-26)25-12-16-27(17-13-25)30-20-41-35(43-30)32(22(2)3)45-36(48)33(23(4)51-5)46-38(50)52-6/h10-17,19-20,22-23,28,31-33,39,44H,7-9,18,21H2,1-6H3,(H,40,42)(H,41,43)(H,45,48)(H,46,50)/t23-,28?,31+,32-,33+/m1/s1. The number of nitrogens with zero attached hydrogens (tertiary/aromatic N) is 3. The van der Waals surface area contributed by atoms with Gasteiger partial charge in [-0.15, -0.1) is 0 Å². The number of aromatic nitrogens is 4. The van der Waals surface area contributed by atoms with Crippen LogP contribution in [0.25, 0.3) is 33.6 Å². The summed E-state index contributed by atoms with van der Waals surface area (Å²) in [7, 11) is 2.71. The molecule has 5 N–H and O–H groups in total. The van der Waals surface area contributed by atoms with Gasteiger partial charge in [0.05, 0.1) is 55.1 Å². The minimum absolute atomic E-state index is 0.00546. The molecular formula is C39H50N8O7. The van der Waals surface area contributed by atoms with Crippen LogP contribution in [0, 0.1) is 5.92 Å². The summed E-state index contributed by atoms with van der Waals surface area (Å²) < 4.78 is 20.6. The molecule has 5 atom stereocenters. The number of methoxy groups -OCH3 is 2. The lowest BCUT2D eigenvalue weighted by Gasteiger charge is -2.33. The van der Waals surface area contributed by atoms with Gasteiger partial charge in [-0.05, 0) is 54.4 Å². The van der Waals surface area contributed by atoms with Gasteiger partial charge in [-0.2, -0.15) is 0 Å². The van der Waals surface area contributed by atoms with Gasteiger partial charge in [0.25, 0.3) is 0 Å². The average Bonchev–Trinajstić information content (AvgIpc) is 3.97. The highest BCUT2D eigenvalue weighted by Crippen LogP contribution is 2.33. The first-order chi connectivity index (χ1) is 26.1. The number of benzene rings is 2. The summed E-state index contributed by atoms with van der Waals surface area (Å²) in [4.78, 5) is 56.6. The van der Waals surface area contributed by atoms with Crippen LogP contribution in [0.1, 0.15) is 70.7 Å². The van der Waals surface area contributed by atoms with Crippen LogP contribution < -0.4 is 16.0 Å². The molecule has 15 nitrogen and oxygen atoms in total. The first-order valence-corrected chi connectivity index (χ1v) is 18.4. The number of hydrogen-bond donors (Lipinski definition) is 5. The predicted octanol–water partition coefficient (Wildman–Crippen LogP) is 5.03. The third-order valence-corrected chi connectivity index (χ3v) is 10.1. The van der Waals surface area contributed by atoms with Gasteiger partial charge < -0.3 is 44.4 Å². The van der Waals surface area contributed by atoms with E-state index in [0.29, 0.717) is 18.8 Å². The van der Waals surface area contributed by atoms with E-state index in [9.17, 15) is 14.4 Å². The molecule has 0 radical (unpaired) electrons. The Balaban J connectivity index is 1.09. The molecule has 0 bridgehead atoms. The molecule has 3 amide bonds. The third kappa shape index (κ3) is 8.65. The van der Waals surface area contributed by atoms with Gasteiger partial charge in [0.2, 0.25) is 18.2 Å². The zero-order valence-electron chi connectivity index (χ0n) is 31.5. The van der Waals surface area contributed by atoms with Crippen molar-refractivity contribution in [1.29, 1.82) is 0 Å². The average molecular weight is 743 g/mol. The molecule has 4 aromatic rings. The maximum absolute atomic E-state index is 13.4. The van der Waals surface area contributed by atoms with Gasteiger partial charge in [0, 0.05) is 13.7 Å². The summed E-state index contributed by atoms with van der Waals surface area (Å²) in [5.74, 6) is 0.994. The fraction of sp³-hybridized carbons (Fsp3) is 0.462. The number of carbonyl (C=O) groups excluding carboxylic acids is 3. The Hall–Kier alpha value is -5.09. The molecule has 2 aliphatic rings. The molecule has 6 rings (SSSR count). The van der Waals surface area contributed by atoms with Crippen molar-refractivity contribution in [3.8, 4) is 33.6 Å². The number of likely N-dealkylation sites (tertiary alicyclic amines) is 1. The molecule has 54 heavy (non-hydrogen) atoms. The van der Waals surface area contributed by atoms with Crippen molar-refractivity contribution in [2.45, 2.75) is 83.6 Å². The first-order valence-electron chi connectivity index (χ1n) is 18.4. The number of ether oxygens (including phenoxy) is 4.